The SMILES string of the molecule is NC1CCCN(C(=O)COc2cccc(Br)c2)C1. The first-order valence-electron chi connectivity index (χ1n) is 6.07. The Morgan fingerprint density at radius 1 is 1.56 bits per heavy atom. The molecule has 1 aliphatic heterocycles. The van der Waals surface area contributed by atoms with Crippen molar-refractivity contribution in [3.05, 3.63) is 28.7 Å². The number of likely N-dealkylation sites (tertiary alicyclic amines) is 1. The van der Waals surface area contributed by atoms with E-state index in [1.54, 1.807) is 4.90 Å². The van der Waals surface area contributed by atoms with E-state index in [1.807, 2.05) is 24.3 Å². The Morgan fingerprint density at radius 3 is 3.11 bits per heavy atom. The molecule has 1 heterocycles. The summed E-state index contributed by atoms with van der Waals surface area (Å²) >= 11 is 3.36. The van der Waals surface area contributed by atoms with E-state index in [0.29, 0.717) is 12.3 Å². The molecule has 4 nitrogen and oxygen atoms in total. The fraction of sp³-hybridized carbons (Fsp3) is 0.462. The number of carbonyl (C=O) groups excluding carboxylic acids is 1. The Bertz CT molecular complexity index is 425. The van der Waals surface area contributed by atoms with Crippen molar-refractivity contribution >= 4 is 21.8 Å². The van der Waals surface area contributed by atoms with E-state index in [9.17, 15) is 4.79 Å². The molecule has 2 rings (SSSR count). The average Bonchev–Trinajstić information content (AvgIpc) is 2.36. The fourth-order valence-corrected chi connectivity index (χ4v) is 2.41. The smallest absolute Gasteiger partial charge is 0.260 e. The zero-order valence-corrected chi connectivity index (χ0v) is 11.7. The maximum Gasteiger partial charge on any atom is 0.260 e. The lowest BCUT2D eigenvalue weighted by Crippen LogP contribution is -2.47. The molecule has 1 amide bonds. The van der Waals surface area contributed by atoms with Crippen molar-refractivity contribution in [1.82, 2.24) is 4.90 Å². The number of rotatable bonds is 3. The first kappa shape index (κ1) is 13.4. The Balaban J connectivity index is 1.84. The van der Waals surface area contributed by atoms with Crippen LogP contribution < -0.4 is 10.5 Å². The minimum Gasteiger partial charge on any atom is -0.484 e. The number of benzene rings is 1. The van der Waals surface area contributed by atoms with E-state index in [2.05, 4.69) is 15.9 Å². The monoisotopic (exact) mass is 312 g/mol. The lowest BCUT2D eigenvalue weighted by molar-refractivity contribution is -0.134. The van der Waals surface area contributed by atoms with Gasteiger partial charge < -0.3 is 15.4 Å². The Labute approximate surface area is 115 Å². The molecule has 1 saturated heterocycles. The van der Waals surface area contributed by atoms with Gasteiger partial charge in [-0.3, -0.25) is 4.79 Å². The number of hydrogen-bond donors (Lipinski definition) is 1. The van der Waals surface area contributed by atoms with Gasteiger partial charge in [0.25, 0.3) is 5.91 Å². The summed E-state index contributed by atoms with van der Waals surface area (Å²) in [5.41, 5.74) is 5.85. The number of piperidine rings is 1. The number of halogens is 1. The lowest BCUT2D eigenvalue weighted by Gasteiger charge is -2.30. The molecule has 0 aromatic heterocycles. The highest BCUT2D eigenvalue weighted by atomic mass is 79.9. The third-order valence-corrected chi connectivity index (χ3v) is 3.46. The van der Waals surface area contributed by atoms with Gasteiger partial charge in [-0.15, -0.1) is 0 Å². The van der Waals surface area contributed by atoms with Crippen molar-refractivity contribution in [2.75, 3.05) is 19.7 Å². The van der Waals surface area contributed by atoms with Crippen LogP contribution in [-0.4, -0.2) is 36.5 Å². The van der Waals surface area contributed by atoms with Crippen LogP contribution in [0.1, 0.15) is 12.8 Å². The van der Waals surface area contributed by atoms with E-state index in [4.69, 9.17) is 10.5 Å². The summed E-state index contributed by atoms with van der Waals surface area (Å²) in [4.78, 5) is 13.7. The fourth-order valence-electron chi connectivity index (χ4n) is 2.03. The van der Waals surface area contributed by atoms with Gasteiger partial charge in [-0.25, -0.2) is 0 Å². The molecule has 0 radical (unpaired) electrons. The topological polar surface area (TPSA) is 55.6 Å². The molecule has 1 fully saturated rings. The molecule has 1 unspecified atom stereocenters. The molecule has 2 N–H and O–H groups in total. The first-order chi connectivity index (χ1) is 8.65. The average molecular weight is 313 g/mol. The molecule has 0 spiro atoms. The van der Waals surface area contributed by atoms with E-state index in [-0.39, 0.29) is 18.6 Å². The van der Waals surface area contributed by atoms with Crippen molar-refractivity contribution in [3.8, 4) is 5.75 Å². The van der Waals surface area contributed by atoms with Gasteiger partial charge in [0.05, 0.1) is 0 Å². The van der Waals surface area contributed by atoms with Crippen LogP contribution in [0.5, 0.6) is 5.75 Å². The number of nitrogens with two attached hydrogens (primary N) is 1. The quantitative estimate of drug-likeness (QED) is 0.925. The highest BCUT2D eigenvalue weighted by molar-refractivity contribution is 9.10. The van der Waals surface area contributed by atoms with Gasteiger partial charge in [0.1, 0.15) is 5.75 Å². The zero-order chi connectivity index (χ0) is 13.0. The van der Waals surface area contributed by atoms with Crippen molar-refractivity contribution in [1.29, 1.82) is 0 Å². The molecule has 98 valence electrons. The maximum atomic E-state index is 11.9. The number of ether oxygens (including phenoxy) is 1. The van der Waals surface area contributed by atoms with Crippen molar-refractivity contribution in [2.24, 2.45) is 5.73 Å². The van der Waals surface area contributed by atoms with Crippen LogP contribution in [0.3, 0.4) is 0 Å². The summed E-state index contributed by atoms with van der Waals surface area (Å²) in [5, 5.41) is 0. The second-order valence-electron chi connectivity index (χ2n) is 4.49. The van der Waals surface area contributed by atoms with E-state index in [0.717, 1.165) is 23.9 Å². The predicted octanol–water partition coefficient (Wildman–Crippen LogP) is 1.78. The summed E-state index contributed by atoms with van der Waals surface area (Å²) in [6, 6.07) is 7.57. The van der Waals surface area contributed by atoms with Gasteiger partial charge in [0, 0.05) is 23.6 Å². The Morgan fingerprint density at radius 2 is 2.39 bits per heavy atom. The number of amides is 1. The minimum atomic E-state index is 0.00475. The standard InChI is InChI=1S/C13H17BrN2O2/c14-10-3-1-5-12(7-10)18-9-13(17)16-6-2-4-11(15)8-16/h1,3,5,7,11H,2,4,6,8-9,15H2. The van der Waals surface area contributed by atoms with Gasteiger partial charge in [-0.1, -0.05) is 22.0 Å². The molecule has 1 aromatic carbocycles. The molecular formula is C13H17BrN2O2. The number of hydrogen-bond acceptors (Lipinski definition) is 3. The Kier molecular flexibility index (Phi) is 4.60. The molecule has 5 heteroatoms. The van der Waals surface area contributed by atoms with Crippen LogP contribution in [0.25, 0.3) is 0 Å². The molecule has 0 saturated carbocycles. The lowest BCUT2D eigenvalue weighted by atomic mass is 10.1. The van der Waals surface area contributed by atoms with Crippen LogP contribution >= 0.6 is 15.9 Å². The predicted molar refractivity (Wildman–Crippen MR) is 73.4 cm³/mol. The first-order valence-corrected chi connectivity index (χ1v) is 6.86. The van der Waals surface area contributed by atoms with Gasteiger partial charge in [0.2, 0.25) is 0 Å². The van der Waals surface area contributed by atoms with Crippen LogP contribution in [0.15, 0.2) is 28.7 Å². The second kappa shape index (κ2) is 6.20. The normalized spacial score (nSPS) is 19.7. The molecule has 0 aliphatic carbocycles. The highest BCUT2D eigenvalue weighted by Crippen LogP contribution is 2.18. The molecule has 1 aromatic rings. The van der Waals surface area contributed by atoms with Crippen LogP contribution in [0.2, 0.25) is 0 Å². The van der Waals surface area contributed by atoms with Crippen molar-refractivity contribution < 1.29 is 9.53 Å². The highest BCUT2D eigenvalue weighted by Gasteiger charge is 2.21. The molecule has 1 atom stereocenters. The van der Waals surface area contributed by atoms with E-state index < -0.39 is 0 Å². The summed E-state index contributed by atoms with van der Waals surface area (Å²) in [5.74, 6) is 0.698. The van der Waals surface area contributed by atoms with Gasteiger partial charge >= 0.3 is 0 Å². The number of carbonyl (C=O) groups is 1. The zero-order valence-electron chi connectivity index (χ0n) is 10.1. The molecule has 1 aliphatic rings. The third-order valence-electron chi connectivity index (χ3n) is 2.97. The van der Waals surface area contributed by atoms with Crippen LogP contribution in [0.4, 0.5) is 0 Å². The summed E-state index contributed by atoms with van der Waals surface area (Å²) < 4.78 is 6.41. The number of nitrogens with zero attached hydrogens (tertiary/aromatic N) is 1. The maximum absolute atomic E-state index is 11.9. The largest absolute Gasteiger partial charge is 0.484 e. The minimum absolute atomic E-state index is 0.00475. The summed E-state index contributed by atoms with van der Waals surface area (Å²) in [7, 11) is 0. The second-order valence-corrected chi connectivity index (χ2v) is 5.40. The summed E-state index contributed by atoms with van der Waals surface area (Å²) in [6.07, 6.45) is 1.97. The summed E-state index contributed by atoms with van der Waals surface area (Å²) in [6.45, 7) is 1.50. The van der Waals surface area contributed by atoms with Crippen LogP contribution in [-0.2, 0) is 4.79 Å². The molecule has 18 heavy (non-hydrogen) atoms. The van der Waals surface area contributed by atoms with Crippen molar-refractivity contribution in [2.45, 2.75) is 18.9 Å². The van der Waals surface area contributed by atoms with Gasteiger partial charge in [-0.05, 0) is 31.0 Å². The third kappa shape index (κ3) is 3.71. The van der Waals surface area contributed by atoms with E-state index in [1.165, 1.54) is 0 Å². The van der Waals surface area contributed by atoms with Gasteiger partial charge in [0.15, 0.2) is 6.61 Å². The Hall–Kier alpha value is -1.07. The van der Waals surface area contributed by atoms with Crippen molar-refractivity contribution in [3.63, 3.8) is 0 Å². The van der Waals surface area contributed by atoms with Crippen LogP contribution in [0, 0.1) is 0 Å². The molecular weight excluding hydrogens is 296 g/mol. The molecule has 0 bridgehead atoms. The van der Waals surface area contributed by atoms with E-state index >= 15 is 0 Å². The van der Waals surface area contributed by atoms with Gasteiger partial charge in [-0.2, -0.15) is 0 Å².